The van der Waals surface area contributed by atoms with E-state index in [2.05, 4.69) is 15.7 Å². The number of hydrogen-bond donors (Lipinski definition) is 2. The van der Waals surface area contributed by atoms with Gasteiger partial charge in [-0.25, -0.2) is 4.68 Å². The molecule has 5 nitrogen and oxygen atoms in total. The number of benzene rings is 1. The van der Waals surface area contributed by atoms with E-state index in [4.69, 9.17) is 11.6 Å². The highest BCUT2D eigenvalue weighted by Gasteiger charge is 2.17. The van der Waals surface area contributed by atoms with Gasteiger partial charge in [0.2, 0.25) is 0 Å². The number of amides is 1. The molecule has 0 aliphatic heterocycles. The number of aromatic nitrogens is 2. The Labute approximate surface area is 135 Å². The molecule has 0 fully saturated rings. The van der Waals surface area contributed by atoms with Crippen LogP contribution in [-0.4, -0.2) is 35.3 Å². The van der Waals surface area contributed by atoms with E-state index in [1.165, 1.54) is 0 Å². The van der Waals surface area contributed by atoms with Crippen molar-refractivity contribution in [1.82, 2.24) is 20.4 Å². The predicted octanol–water partition coefficient (Wildman–Crippen LogP) is 2.43. The molecule has 2 N–H and O–H groups in total. The largest absolute Gasteiger partial charge is 0.350 e. The molecular formula is C16H21ClN4O. The van der Waals surface area contributed by atoms with Crippen LogP contribution in [0.3, 0.4) is 0 Å². The normalized spacial score (nSPS) is 12.2. The minimum Gasteiger partial charge on any atom is -0.350 e. The molecule has 0 bridgehead atoms. The van der Waals surface area contributed by atoms with Crippen LogP contribution >= 0.6 is 11.6 Å². The van der Waals surface area contributed by atoms with Crippen molar-refractivity contribution < 1.29 is 4.79 Å². The molecule has 2 rings (SSSR count). The molecular weight excluding hydrogens is 300 g/mol. The third-order valence-corrected chi connectivity index (χ3v) is 3.80. The summed E-state index contributed by atoms with van der Waals surface area (Å²) >= 11 is 6.03. The summed E-state index contributed by atoms with van der Waals surface area (Å²) in [5, 5.41) is 11.0. The van der Waals surface area contributed by atoms with E-state index in [0.717, 1.165) is 11.4 Å². The number of carbonyl (C=O) groups excluding carboxylic acids is 1. The zero-order valence-corrected chi connectivity index (χ0v) is 13.8. The first-order valence-electron chi connectivity index (χ1n) is 7.35. The van der Waals surface area contributed by atoms with Crippen molar-refractivity contribution in [3.8, 4) is 5.69 Å². The van der Waals surface area contributed by atoms with E-state index < -0.39 is 0 Å². The second kappa shape index (κ2) is 7.42. The van der Waals surface area contributed by atoms with Gasteiger partial charge in [0.25, 0.3) is 5.91 Å². The summed E-state index contributed by atoms with van der Waals surface area (Å²) < 4.78 is 1.77. The van der Waals surface area contributed by atoms with Gasteiger partial charge in [-0.05, 0) is 38.6 Å². The molecule has 0 radical (unpaired) electrons. The first-order chi connectivity index (χ1) is 10.6. The number of halogens is 1. The summed E-state index contributed by atoms with van der Waals surface area (Å²) in [6, 6.07) is 7.65. The second-order valence-electron chi connectivity index (χ2n) is 5.15. The Bertz CT molecular complexity index is 653. The van der Waals surface area contributed by atoms with Gasteiger partial charge >= 0.3 is 0 Å². The Morgan fingerprint density at radius 1 is 1.45 bits per heavy atom. The van der Waals surface area contributed by atoms with Crippen molar-refractivity contribution in [3.63, 3.8) is 0 Å². The maximum Gasteiger partial charge on any atom is 0.254 e. The molecule has 1 unspecified atom stereocenters. The van der Waals surface area contributed by atoms with Crippen LogP contribution in [0.4, 0.5) is 0 Å². The van der Waals surface area contributed by atoms with Crippen molar-refractivity contribution in [2.24, 2.45) is 0 Å². The van der Waals surface area contributed by atoms with Gasteiger partial charge in [-0.2, -0.15) is 5.10 Å². The Morgan fingerprint density at radius 3 is 2.86 bits per heavy atom. The zero-order chi connectivity index (χ0) is 16.1. The van der Waals surface area contributed by atoms with Gasteiger partial charge in [-0.1, -0.05) is 24.6 Å². The topological polar surface area (TPSA) is 59.0 Å². The lowest BCUT2D eigenvalue weighted by Crippen LogP contribution is -2.37. The van der Waals surface area contributed by atoms with Crippen molar-refractivity contribution in [3.05, 3.63) is 46.7 Å². The summed E-state index contributed by atoms with van der Waals surface area (Å²) in [5.41, 5.74) is 2.33. The fourth-order valence-electron chi connectivity index (χ4n) is 2.18. The molecule has 2 aromatic rings. The average molecular weight is 321 g/mol. The van der Waals surface area contributed by atoms with E-state index in [1.807, 2.05) is 45.2 Å². The third-order valence-electron chi connectivity index (χ3n) is 3.56. The van der Waals surface area contributed by atoms with Crippen LogP contribution in [-0.2, 0) is 6.42 Å². The smallest absolute Gasteiger partial charge is 0.254 e. The van der Waals surface area contributed by atoms with E-state index in [0.29, 0.717) is 23.6 Å². The fourth-order valence-corrected chi connectivity index (χ4v) is 2.36. The SMILES string of the molecule is CCc1c(C(=O)NCC(C)NC)cnn1-c1cccc(Cl)c1. The molecule has 22 heavy (non-hydrogen) atoms. The minimum absolute atomic E-state index is 0.104. The van der Waals surface area contributed by atoms with Crippen molar-refractivity contribution in [2.45, 2.75) is 26.3 Å². The first kappa shape index (κ1) is 16.5. The molecule has 0 saturated carbocycles. The van der Waals surface area contributed by atoms with Gasteiger partial charge in [0.05, 0.1) is 23.1 Å². The lowest BCUT2D eigenvalue weighted by molar-refractivity contribution is 0.0949. The van der Waals surface area contributed by atoms with Crippen LogP contribution < -0.4 is 10.6 Å². The van der Waals surface area contributed by atoms with Crippen molar-refractivity contribution in [2.75, 3.05) is 13.6 Å². The molecule has 0 spiro atoms. The van der Waals surface area contributed by atoms with Crippen LogP contribution in [0.15, 0.2) is 30.5 Å². The van der Waals surface area contributed by atoms with Crippen molar-refractivity contribution >= 4 is 17.5 Å². The monoisotopic (exact) mass is 320 g/mol. The quantitative estimate of drug-likeness (QED) is 0.859. The highest BCUT2D eigenvalue weighted by molar-refractivity contribution is 6.30. The fraction of sp³-hybridized carbons (Fsp3) is 0.375. The van der Waals surface area contributed by atoms with Crippen LogP contribution in [0, 0.1) is 0 Å². The highest BCUT2D eigenvalue weighted by atomic mass is 35.5. The number of nitrogens with zero attached hydrogens (tertiary/aromatic N) is 2. The Hall–Kier alpha value is -1.85. The molecule has 1 amide bonds. The Morgan fingerprint density at radius 2 is 2.23 bits per heavy atom. The van der Waals surface area contributed by atoms with Gasteiger partial charge in [0.1, 0.15) is 0 Å². The summed E-state index contributed by atoms with van der Waals surface area (Å²) in [7, 11) is 1.87. The van der Waals surface area contributed by atoms with E-state index >= 15 is 0 Å². The summed E-state index contributed by atoms with van der Waals surface area (Å²) in [6.45, 7) is 4.59. The standard InChI is InChI=1S/C16H21ClN4O/c1-4-15-14(16(22)19-9-11(2)18-3)10-20-21(15)13-7-5-6-12(17)8-13/h5-8,10-11,18H,4,9H2,1-3H3,(H,19,22). The van der Waals surface area contributed by atoms with Gasteiger partial charge in [0, 0.05) is 17.6 Å². The molecule has 1 atom stereocenters. The van der Waals surface area contributed by atoms with Crippen LogP contribution in [0.1, 0.15) is 29.9 Å². The van der Waals surface area contributed by atoms with Crippen molar-refractivity contribution in [1.29, 1.82) is 0 Å². The molecule has 1 aromatic carbocycles. The molecule has 1 heterocycles. The lowest BCUT2D eigenvalue weighted by atomic mass is 10.2. The minimum atomic E-state index is -0.104. The van der Waals surface area contributed by atoms with E-state index in [-0.39, 0.29) is 11.9 Å². The van der Waals surface area contributed by atoms with Crippen LogP contribution in [0.5, 0.6) is 0 Å². The van der Waals surface area contributed by atoms with E-state index in [1.54, 1.807) is 10.9 Å². The summed E-state index contributed by atoms with van der Waals surface area (Å²) in [4.78, 5) is 12.3. The van der Waals surface area contributed by atoms with Gasteiger partial charge < -0.3 is 10.6 Å². The molecule has 6 heteroatoms. The zero-order valence-electron chi connectivity index (χ0n) is 13.1. The first-order valence-corrected chi connectivity index (χ1v) is 7.73. The molecule has 0 aliphatic carbocycles. The third kappa shape index (κ3) is 3.67. The van der Waals surface area contributed by atoms with Crippen LogP contribution in [0.2, 0.25) is 5.02 Å². The molecule has 0 saturated heterocycles. The average Bonchev–Trinajstić information content (AvgIpc) is 2.96. The summed E-state index contributed by atoms with van der Waals surface area (Å²) in [5.74, 6) is -0.104. The maximum absolute atomic E-state index is 12.3. The predicted molar refractivity (Wildman–Crippen MR) is 88.8 cm³/mol. The number of rotatable bonds is 6. The van der Waals surface area contributed by atoms with Crippen LogP contribution in [0.25, 0.3) is 5.69 Å². The van der Waals surface area contributed by atoms with Gasteiger partial charge in [-0.3, -0.25) is 4.79 Å². The highest BCUT2D eigenvalue weighted by Crippen LogP contribution is 2.19. The molecule has 0 aliphatic rings. The number of hydrogen-bond acceptors (Lipinski definition) is 3. The van der Waals surface area contributed by atoms with Gasteiger partial charge in [0.15, 0.2) is 0 Å². The summed E-state index contributed by atoms with van der Waals surface area (Å²) in [6.07, 6.45) is 2.32. The Kier molecular flexibility index (Phi) is 5.57. The number of likely N-dealkylation sites (N-methyl/N-ethyl adjacent to an activating group) is 1. The van der Waals surface area contributed by atoms with Gasteiger partial charge in [-0.15, -0.1) is 0 Å². The maximum atomic E-state index is 12.3. The Balaban J connectivity index is 2.26. The second-order valence-corrected chi connectivity index (χ2v) is 5.59. The number of carbonyl (C=O) groups is 1. The molecule has 118 valence electrons. The van der Waals surface area contributed by atoms with E-state index in [9.17, 15) is 4.79 Å². The molecule has 1 aromatic heterocycles. The number of nitrogens with one attached hydrogen (secondary N) is 2. The lowest BCUT2D eigenvalue weighted by Gasteiger charge is -2.12.